The molecule has 0 amide bonds. The van der Waals surface area contributed by atoms with Gasteiger partial charge >= 0.3 is 5.97 Å². The lowest BCUT2D eigenvalue weighted by Crippen LogP contribution is -2.59. The first kappa shape index (κ1) is 41.3. The van der Waals surface area contributed by atoms with Gasteiger partial charge in [0.05, 0.1) is 30.8 Å². The highest BCUT2D eigenvalue weighted by Crippen LogP contribution is 2.54. The van der Waals surface area contributed by atoms with Gasteiger partial charge in [-0.15, -0.1) is 0 Å². The molecule has 0 aromatic rings. The molecule has 3 saturated heterocycles. The van der Waals surface area contributed by atoms with Gasteiger partial charge in [0.2, 0.25) is 0 Å². The average Bonchev–Trinajstić information content (AvgIpc) is 3.70. The van der Waals surface area contributed by atoms with Crippen LogP contribution >= 0.6 is 11.8 Å². The number of hydrogen-bond acceptors (Lipinski definition) is 12. The van der Waals surface area contributed by atoms with Crippen LogP contribution < -0.4 is 0 Å². The second-order valence-corrected chi connectivity index (χ2v) is 17.5. The molecule has 4 fully saturated rings. The first-order valence-corrected chi connectivity index (χ1v) is 21.4. The molecule has 3 aliphatic heterocycles. The molecule has 1 saturated carbocycles. The Hall–Kier alpha value is -1.35. The number of likely N-dealkylation sites (N-methyl/N-ethyl adjacent to an activating group) is 1. The van der Waals surface area contributed by atoms with Crippen LogP contribution in [0, 0.1) is 35.5 Å². The number of Topliss-reactive ketones (excluding diaryl/α,β-unsaturated/α-hetero) is 1. The maximum absolute atomic E-state index is 14.7. The maximum atomic E-state index is 14.7. The number of rotatable bonds is 10. The van der Waals surface area contributed by atoms with Gasteiger partial charge < -0.3 is 42.8 Å². The van der Waals surface area contributed by atoms with E-state index < -0.39 is 12.4 Å². The molecule has 3 aliphatic carbocycles. The lowest BCUT2D eigenvalue weighted by Gasteiger charge is -2.44. The Bertz CT molecular complexity index is 1310. The Morgan fingerprint density at radius 3 is 2.28 bits per heavy atom. The molecule has 12 heteroatoms. The number of esters is 1. The van der Waals surface area contributed by atoms with Gasteiger partial charge in [-0.1, -0.05) is 25.2 Å². The number of carbonyl (C=O) groups excluding carboxylic acids is 2. The van der Waals surface area contributed by atoms with Crippen molar-refractivity contribution in [3.63, 3.8) is 0 Å². The number of cyclic esters (lactones) is 1. The summed E-state index contributed by atoms with van der Waals surface area (Å²) in [7, 11) is 9.15. The molecule has 6 aliphatic rings. The molecular weight excluding hydrogens is 699 g/mol. The standard InChI is InChI=1S/C41H65NO10S/c1-22-34(52-36-16-15-33(42(4)5)23(2)48-36)12-10-11-26(21-53-9)50-35(43)20-31-28-14-13-25-17-27(18-29(25)30(28)19-32(31)37(22)44)51-41-40(47-8)39(46-7)38(45-6)24(3)49-41/h13-14,19,22-31,33-34,36,38-41H,10-12,15-18,20-21H2,1-9H3. The zero-order valence-electron chi connectivity index (χ0n) is 33.3. The number of allylic oxidation sites excluding steroid dienone is 4. The third-order valence-electron chi connectivity index (χ3n) is 13.1. The smallest absolute Gasteiger partial charge is 0.306 e. The highest BCUT2D eigenvalue weighted by atomic mass is 32.2. The summed E-state index contributed by atoms with van der Waals surface area (Å²) in [4.78, 5) is 30.5. The number of carbonyl (C=O) groups is 2. The molecule has 0 aromatic heterocycles. The summed E-state index contributed by atoms with van der Waals surface area (Å²) in [6.45, 7) is 6.10. The van der Waals surface area contributed by atoms with Crippen molar-refractivity contribution >= 4 is 23.5 Å². The summed E-state index contributed by atoms with van der Waals surface area (Å²) in [6.07, 6.45) is 12.0. The van der Waals surface area contributed by atoms with Crippen LogP contribution in [0.1, 0.15) is 72.1 Å². The number of thioether (sulfide) groups is 1. The second kappa shape index (κ2) is 18.3. The summed E-state index contributed by atoms with van der Waals surface area (Å²) >= 11 is 1.69. The highest BCUT2D eigenvalue weighted by molar-refractivity contribution is 7.98. The van der Waals surface area contributed by atoms with Crippen LogP contribution in [-0.2, 0) is 47.5 Å². The van der Waals surface area contributed by atoms with Gasteiger partial charge in [-0.3, -0.25) is 9.59 Å². The molecule has 17 atom stereocenters. The summed E-state index contributed by atoms with van der Waals surface area (Å²) in [5.74, 6) is 0.732. The SMILES string of the molecule is COC1C(C)OC(OC2CC3C=CC4C5CC(=O)OC(CSC)CCCC(OC6CCC(N(C)C)C(C)O6)C(C)C(=O)C5=CC4C3C2)C(OC)C1OC. The minimum Gasteiger partial charge on any atom is -0.461 e. The minimum absolute atomic E-state index is 0.0347. The van der Waals surface area contributed by atoms with Crippen molar-refractivity contribution in [3.8, 4) is 0 Å². The summed E-state index contributed by atoms with van der Waals surface area (Å²) in [5.41, 5.74) is 0.762. The van der Waals surface area contributed by atoms with Gasteiger partial charge in [0.25, 0.3) is 0 Å². The Balaban J connectivity index is 1.21. The van der Waals surface area contributed by atoms with Crippen molar-refractivity contribution < 1.29 is 47.5 Å². The van der Waals surface area contributed by atoms with Crippen molar-refractivity contribution in [1.82, 2.24) is 4.90 Å². The lowest BCUT2D eigenvalue weighted by atomic mass is 9.70. The molecule has 300 valence electrons. The Labute approximate surface area is 321 Å². The van der Waals surface area contributed by atoms with Crippen LogP contribution in [0.25, 0.3) is 0 Å². The van der Waals surface area contributed by atoms with E-state index in [1.54, 1.807) is 33.1 Å². The topological polar surface area (TPSA) is 111 Å². The minimum atomic E-state index is -0.596. The number of ether oxygens (including phenoxy) is 8. The summed E-state index contributed by atoms with van der Waals surface area (Å²) < 4.78 is 49.7. The van der Waals surface area contributed by atoms with Crippen LogP contribution in [0.2, 0.25) is 0 Å². The predicted octanol–water partition coefficient (Wildman–Crippen LogP) is 5.44. The Morgan fingerprint density at radius 2 is 1.60 bits per heavy atom. The fourth-order valence-corrected chi connectivity index (χ4v) is 11.0. The molecule has 11 nitrogen and oxygen atoms in total. The molecule has 0 N–H and O–H groups in total. The van der Waals surface area contributed by atoms with E-state index in [1.165, 1.54) is 0 Å². The van der Waals surface area contributed by atoms with E-state index in [0.717, 1.165) is 49.9 Å². The van der Waals surface area contributed by atoms with Crippen molar-refractivity contribution in [2.45, 2.75) is 140 Å². The lowest BCUT2D eigenvalue weighted by molar-refractivity contribution is -0.314. The van der Waals surface area contributed by atoms with Gasteiger partial charge in [0.1, 0.15) is 24.4 Å². The molecule has 0 bridgehead atoms. The molecule has 3 heterocycles. The third kappa shape index (κ3) is 8.96. The van der Waals surface area contributed by atoms with Crippen molar-refractivity contribution in [3.05, 3.63) is 23.8 Å². The van der Waals surface area contributed by atoms with E-state index in [9.17, 15) is 9.59 Å². The third-order valence-corrected chi connectivity index (χ3v) is 13.9. The van der Waals surface area contributed by atoms with E-state index in [1.807, 2.05) is 20.1 Å². The van der Waals surface area contributed by atoms with Crippen LogP contribution in [0.5, 0.6) is 0 Å². The van der Waals surface area contributed by atoms with Crippen molar-refractivity contribution in [1.29, 1.82) is 0 Å². The van der Waals surface area contributed by atoms with Crippen LogP contribution in [0.3, 0.4) is 0 Å². The predicted molar refractivity (Wildman–Crippen MR) is 202 cm³/mol. The number of nitrogens with zero attached hydrogens (tertiary/aromatic N) is 1. The van der Waals surface area contributed by atoms with Gasteiger partial charge in [-0.05, 0) is 108 Å². The first-order valence-electron chi connectivity index (χ1n) is 20.0. The second-order valence-electron chi connectivity index (χ2n) is 16.5. The van der Waals surface area contributed by atoms with Gasteiger partial charge in [-0.2, -0.15) is 11.8 Å². The molecule has 6 rings (SSSR count). The van der Waals surface area contributed by atoms with E-state index in [4.69, 9.17) is 37.9 Å². The fourth-order valence-electron chi connectivity index (χ4n) is 10.4. The van der Waals surface area contributed by atoms with Gasteiger partial charge in [0, 0.05) is 45.0 Å². The van der Waals surface area contributed by atoms with Gasteiger partial charge in [-0.25, -0.2) is 0 Å². The van der Waals surface area contributed by atoms with Crippen molar-refractivity contribution in [2.75, 3.05) is 47.4 Å². The molecule has 0 spiro atoms. The quantitative estimate of drug-likeness (QED) is 0.209. The molecule has 53 heavy (non-hydrogen) atoms. The molecule has 0 aromatic carbocycles. The molecule has 17 unspecified atom stereocenters. The Kier molecular flexibility index (Phi) is 14.2. The highest BCUT2D eigenvalue weighted by Gasteiger charge is 2.52. The van der Waals surface area contributed by atoms with E-state index in [2.05, 4.69) is 44.1 Å². The number of methoxy groups -OCH3 is 3. The normalized spacial score (nSPS) is 45.1. The summed E-state index contributed by atoms with van der Waals surface area (Å²) in [5, 5.41) is 0. The van der Waals surface area contributed by atoms with E-state index in [0.29, 0.717) is 18.4 Å². The number of hydrogen-bond donors (Lipinski definition) is 0. The number of fused-ring (bicyclic) bond motifs is 5. The van der Waals surface area contributed by atoms with Gasteiger partial charge in [0.15, 0.2) is 18.4 Å². The summed E-state index contributed by atoms with van der Waals surface area (Å²) in [6, 6.07) is 0.336. The number of ketones is 1. The van der Waals surface area contributed by atoms with Crippen molar-refractivity contribution in [2.24, 2.45) is 35.5 Å². The molecular formula is C41H65NO10S. The zero-order chi connectivity index (χ0) is 38.0. The first-order chi connectivity index (χ1) is 25.5. The fraction of sp³-hybridized carbons (Fsp3) is 0.854. The average molecular weight is 764 g/mol. The largest absolute Gasteiger partial charge is 0.461 e. The van der Waals surface area contributed by atoms with Crippen LogP contribution in [0.4, 0.5) is 0 Å². The Morgan fingerprint density at radius 1 is 0.849 bits per heavy atom. The monoisotopic (exact) mass is 763 g/mol. The van der Waals surface area contributed by atoms with E-state index in [-0.39, 0.29) is 96.8 Å². The maximum Gasteiger partial charge on any atom is 0.306 e. The molecule has 0 radical (unpaired) electrons. The van der Waals surface area contributed by atoms with Crippen LogP contribution in [-0.4, -0.2) is 132 Å². The van der Waals surface area contributed by atoms with E-state index >= 15 is 0 Å². The van der Waals surface area contributed by atoms with Crippen LogP contribution in [0.15, 0.2) is 23.8 Å². The zero-order valence-corrected chi connectivity index (χ0v) is 34.2.